The number of nitrogens with zero attached hydrogens (tertiary/aromatic N) is 3. The van der Waals surface area contributed by atoms with E-state index in [1.165, 1.54) is 0 Å². The van der Waals surface area contributed by atoms with Gasteiger partial charge in [-0.25, -0.2) is 4.98 Å². The molecule has 3 heterocycles. The molecule has 0 saturated carbocycles. The Hall–Kier alpha value is -1.95. The number of hydrogen-bond acceptors (Lipinski definition) is 4. The van der Waals surface area contributed by atoms with Crippen LogP contribution in [0.2, 0.25) is 0 Å². The SMILES string of the molecule is Cc1nn(C)c2ncc(NC(=O)C3(C)CCNC3)cc12. The van der Waals surface area contributed by atoms with Crippen LogP contribution in [0.4, 0.5) is 5.69 Å². The average Bonchev–Trinajstić information content (AvgIpc) is 2.96. The Labute approximate surface area is 117 Å². The summed E-state index contributed by atoms with van der Waals surface area (Å²) in [5.74, 6) is 0.0465. The first-order valence-corrected chi connectivity index (χ1v) is 6.81. The van der Waals surface area contributed by atoms with Gasteiger partial charge in [-0.15, -0.1) is 0 Å². The highest BCUT2D eigenvalue weighted by molar-refractivity contribution is 5.97. The van der Waals surface area contributed by atoms with Gasteiger partial charge in [-0.05, 0) is 32.9 Å². The maximum Gasteiger partial charge on any atom is 0.231 e. The lowest BCUT2D eigenvalue weighted by Crippen LogP contribution is -2.35. The van der Waals surface area contributed by atoms with Crippen LogP contribution in [0, 0.1) is 12.3 Å². The van der Waals surface area contributed by atoms with Gasteiger partial charge in [-0.3, -0.25) is 9.48 Å². The monoisotopic (exact) mass is 273 g/mol. The maximum atomic E-state index is 12.4. The number of nitrogens with one attached hydrogen (secondary N) is 2. The molecular weight excluding hydrogens is 254 g/mol. The van der Waals surface area contributed by atoms with E-state index in [9.17, 15) is 4.79 Å². The van der Waals surface area contributed by atoms with E-state index in [0.717, 1.165) is 41.9 Å². The summed E-state index contributed by atoms with van der Waals surface area (Å²) in [5.41, 5.74) is 2.14. The zero-order valence-electron chi connectivity index (χ0n) is 12.0. The van der Waals surface area contributed by atoms with E-state index in [1.807, 2.05) is 27.0 Å². The van der Waals surface area contributed by atoms with E-state index in [2.05, 4.69) is 20.7 Å². The van der Waals surface area contributed by atoms with Gasteiger partial charge in [0.1, 0.15) is 0 Å². The lowest BCUT2D eigenvalue weighted by molar-refractivity contribution is -0.123. The van der Waals surface area contributed by atoms with Crippen molar-refractivity contribution in [2.75, 3.05) is 18.4 Å². The Kier molecular flexibility index (Phi) is 2.97. The minimum absolute atomic E-state index is 0.0465. The molecule has 2 N–H and O–H groups in total. The standard InChI is InChI=1S/C14H19N5O/c1-9-11-6-10(7-16-12(11)19(3)18-9)17-13(20)14(2)4-5-15-8-14/h6-7,15H,4-5,8H2,1-3H3,(H,17,20). The molecule has 1 amide bonds. The highest BCUT2D eigenvalue weighted by Gasteiger charge is 2.36. The first-order valence-electron chi connectivity index (χ1n) is 6.81. The molecular formula is C14H19N5O. The van der Waals surface area contributed by atoms with Gasteiger partial charge in [0.2, 0.25) is 5.91 Å². The van der Waals surface area contributed by atoms with Crippen LogP contribution in [-0.4, -0.2) is 33.8 Å². The Morgan fingerprint density at radius 1 is 1.55 bits per heavy atom. The molecule has 0 radical (unpaired) electrons. The first kappa shape index (κ1) is 13.1. The number of amides is 1. The molecule has 6 heteroatoms. The highest BCUT2D eigenvalue weighted by atomic mass is 16.2. The fourth-order valence-corrected chi connectivity index (χ4v) is 2.67. The van der Waals surface area contributed by atoms with E-state index in [4.69, 9.17) is 0 Å². The van der Waals surface area contributed by atoms with Crippen LogP contribution in [0.3, 0.4) is 0 Å². The van der Waals surface area contributed by atoms with Crippen LogP contribution < -0.4 is 10.6 Å². The van der Waals surface area contributed by atoms with Gasteiger partial charge >= 0.3 is 0 Å². The highest BCUT2D eigenvalue weighted by Crippen LogP contribution is 2.27. The summed E-state index contributed by atoms with van der Waals surface area (Å²) < 4.78 is 1.75. The van der Waals surface area contributed by atoms with E-state index >= 15 is 0 Å². The third-order valence-corrected chi connectivity index (χ3v) is 4.04. The van der Waals surface area contributed by atoms with Crippen molar-refractivity contribution in [3.05, 3.63) is 18.0 Å². The predicted molar refractivity (Wildman–Crippen MR) is 77.5 cm³/mol. The molecule has 1 atom stereocenters. The van der Waals surface area contributed by atoms with Crippen LogP contribution in [0.15, 0.2) is 12.3 Å². The van der Waals surface area contributed by atoms with E-state index < -0.39 is 0 Å². The minimum atomic E-state index is -0.334. The molecule has 20 heavy (non-hydrogen) atoms. The quantitative estimate of drug-likeness (QED) is 0.863. The normalized spacial score (nSPS) is 22.4. The number of aromatic nitrogens is 3. The van der Waals surface area contributed by atoms with Crippen molar-refractivity contribution >= 4 is 22.6 Å². The van der Waals surface area contributed by atoms with Gasteiger partial charge < -0.3 is 10.6 Å². The Bertz CT molecular complexity index is 669. The molecule has 0 bridgehead atoms. The van der Waals surface area contributed by atoms with Crippen LogP contribution >= 0.6 is 0 Å². The molecule has 3 rings (SSSR count). The van der Waals surface area contributed by atoms with Gasteiger partial charge in [0.15, 0.2) is 5.65 Å². The molecule has 1 aliphatic heterocycles. The van der Waals surface area contributed by atoms with Crippen LogP contribution in [0.25, 0.3) is 11.0 Å². The van der Waals surface area contributed by atoms with Gasteiger partial charge in [-0.1, -0.05) is 0 Å². The van der Waals surface area contributed by atoms with Gasteiger partial charge in [-0.2, -0.15) is 5.10 Å². The number of carbonyl (C=O) groups excluding carboxylic acids is 1. The van der Waals surface area contributed by atoms with Crippen LogP contribution in [0.5, 0.6) is 0 Å². The third-order valence-electron chi connectivity index (χ3n) is 4.04. The van der Waals surface area contributed by atoms with Gasteiger partial charge in [0, 0.05) is 19.0 Å². The summed E-state index contributed by atoms with van der Waals surface area (Å²) >= 11 is 0. The molecule has 2 aromatic heterocycles. The van der Waals surface area contributed by atoms with Gasteiger partial charge in [0.05, 0.1) is 23.0 Å². The van der Waals surface area contributed by atoms with Crippen LogP contribution in [0.1, 0.15) is 19.0 Å². The van der Waals surface area contributed by atoms with Gasteiger partial charge in [0.25, 0.3) is 0 Å². The summed E-state index contributed by atoms with van der Waals surface area (Å²) in [6, 6.07) is 1.94. The second-order valence-electron chi connectivity index (χ2n) is 5.75. The Balaban J connectivity index is 1.87. The number of pyridine rings is 1. The number of carbonyl (C=O) groups is 1. The smallest absolute Gasteiger partial charge is 0.231 e. The Morgan fingerprint density at radius 3 is 3.05 bits per heavy atom. The summed E-state index contributed by atoms with van der Waals surface area (Å²) in [6.45, 7) is 5.55. The number of fused-ring (bicyclic) bond motifs is 1. The van der Waals surface area contributed by atoms with Crippen molar-refractivity contribution in [1.82, 2.24) is 20.1 Å². The zero-order valence-corrected chi connectivity index (χ0v) is 12.0. The molecule has 1 unspecified atom stereocenters. The Morgan fingerprint density at radius 2 is 2.35 bits per heavy atom. The van der Waals surface area contributed by atoms with Crippen molar-refractivity contribution < 1.29 is 4.79 Å². The molecule has 1 aliphatic rings. The molecule has 6 nitrogen and oxygen atoms in total. The fourth-order valence-electron chi connectivity index (χ4n) is 2.67. The summed E-state index contributed by atoms with van der Waals surface area (Å²) in [5, 5.41) is 11.5. The fraction of sp³-hybridized carbons (Fsp3) is 0.500. The number of aryl methyl sites for hydroxylation is 2. The van der Waals surface area contributed by atoms with E-state index in [-0.39, 0.29) is 11.3 Å². The van der Waals surface area contributed by atoms with Crippen molar-refractivity contribution in [3.63, 3.8) is 0 Å². The first-order chi connectivity index (χ1) is 9.49. The molecule has 0 spiro atoms. The molecule has 2 aromatic rings. The second kappa shape index (κ2) is 4.56. The van der Waals surface area contributed by atoms with Crippen molar-refractivity contribution in [2.24, 2.45) is 12.5 Å². The topological polar surface area (TPSA) is 71.8 Å². The number of hydrogen-bond donors (Lipinski definition) is 2. The molecule has 106 valence electrons. The summed E-state index contributed by atoms with van der Waals surface area (Å²) in [7, 11) is 1.87. The van der Waals surface area contributed by atoms with Crippen molar-refractivity contribution in [3.8, 4) is 0 Å². The third kappa shape index (κ3) is 2.06. The summed E-state index contributed by atoms with van der Waals surface area (Å²) in [6.07, 6.45) is 2.55. The van der Waals surface area contributed by atoms with Crippen LogP contribution in [-0.2, 0) is 11.8 Å². The van der Waals surface area contributed by atoms with E-state index in [0.29, 0.717) is 0 Å². The molecule has 0 aliphatic carbocycles. The molecule has 1 fully saturated rings. The maximum absolute atomic E-state index is 12.4. The lowest BCUT2D eigenvalue weighted by atomic mass is 9.89. The number of rotatable bonds is 2. The molecule has 1 saturated heterocycles. The largest absolute Gasteiger partial charge is 0.324 e. The van der Waals surface area contributed by atoms with E-state index in [1.54, 1.807) is 10.9 Å². The lowest BCUT2D eigenvalue weighted by Gasteiger charge is -2.21. The zero-order chi connectivity index (χ0) is 14.3. The summed E-state index contributed by atoms with van der Waals surface area (Å²) in [4.78, 5) is 16.7. The average molecular weight is 273 g/mol. The van der Waals surface area contributed by atoms with Crippen molar-refractivity contribution in [1.29, 1.82) is 0 Å². The minimum Gasteiger partial charge on any atom is -0.324 e. The predicted octanol–water partition coefficient (Wildman–Crippen LogP) is 1.21. The van der Waals surface area contributed by atoms with Crippen molar-refractivity contribution in [2.45, 2.75) is 20.3 Å². The molecule has 0 aromatic carbocycles. The number of anilines is 1. The second-order valence-corrected chi connectivity index (χ2v) is 5.75.